The molecule has 0 unspecified atom stereocenters. The van der Waals surface area contributed by atoms with E-state index in [1.54, 1.807) is 0 Å². The normalized spacial score (nSPS) is 59.5. The van der Waals surface area contributed by atoms with Crippen molar-refractivity contribution in [1.82, 2.24) is 0 Å². The first kappa shape index (κ1) is 15.9. The lowest BCUT2D eigenvalue weighted by atomic mass is 9.79. The van der Waals surface area contributed by atoms with Crippen LogP contribution in [0.15, 0.2) is 0 Å². The molecule has 0 aromatic carbocycles. The van der Waals surface area contributed by atoms with E-state index < -0.39 is 0 Å². The first-order chi connectivity index (χ1) is 11.9. The highest BCUT2D eigenvalue weighted by Crippen LogP contribution is 2.66. The molecule has 6 aliphatic rings. The highest BCUT2D eigenvalue weighted by atomic mass is 16.8. The van der Waals surface area contributed by atoms with Crippen molar-refractivity contribution >= 4 is 0 Å². The zero-order valence-electron chi connectivity index (χ0n) is 16.2. The lowest BCUT2D eigenvalue weighted by molar-refractivity contribution is -0.242. The Morgan fingerprint density at radius 3 is 1.44 bits per heavy atom. The van der Waals surface area contributed by atoms with Crippen LogP contribution in [0.3, 0.4) is 0 Å². The third kappa shape index (κ3) is 1.88. The SMILES string of the molecule is CC1(C)[C@@H]2CC[C@H]1[C@H]1O[C@H](O[C@@H]3C[C@@H]4[C@H](O3)[C@@H]3CC[C@H]4C3(C)C)C[C@H]12. The van der Waals surface area contributed by atoms with Crippen LogP contribution in [0.2, 0.25) is 0 Å². The van der Waals surface area contributed by atoms with Crippen LogP contribution in [0.1, 0.15) is 66.2 Å². The van der Waals surface area contributed by atoms with Crippen molar-refractivity contribution < 1.29 is 14.2 Å². The van der Waals surface area contributed by atoms with Crippen molar-refractivity contribution in [3.05, 3.63) is 0 Å². The van der Waals surface area contributed by atoms with E-state index in [2.05, 4.69) is 27.7 Å². The van der Waals surface area contributed by atoms with Gasteiger partial charge in [0.1, 0.15) is 0 Å². The molecule has 4 aliphatic carbocycles. The summed E-state index contributed by atoms with van der Waals surface area (Å²) in [5.41, 5.74) is 0.956. The van der Waals surface area contributed by atoms with Gasteiger partial charge in [-0.15, -0.1) is 0 Å². The third-order valence-electron chi connectivity index (χ3n) is 9.92. The molecule has 4 bridgehead atoms. The Bertz CT molecular complexity index is 490. The van der Waals surface area contributed by atoms with Crippen molar-refractivity contribution in [2.75, 3.05) is 0 Å². The second-order valence-corrected chi connectivity index (χ2v) is 11.2. The summed E-state index contributed by atoms with van der Waals surface area (Å²) in [5.74, 6) is 4.64. The van der Waals surface area contributed by atoms with Crippen LogP contribution in [0.5, 0.6) is 0 Å². The van der Waals surface area contributed by atoms with Gasteiger partial charge in [-0.2, -0.15) is 0 Å². The Labute approximate surface area is 152 Å². The maximum Gasteiger partial charge on any atom is 0.161 e. The Kier molecular flexibility index (Phi) is 3.07. The quantitative estimate of drug-likeness (QED) is 0.731. The molecule has 10 atom stereocenters. The standard InChI is InChI=1S/C22H34O3/c1-21(2)13-5-7-15(21)19-11(13)9-17(24-19)23-18-10-12-14-6-8-16(20(12)25-18)22(14,3)4/h11-20H,5-10H2,1-4H3/t11-,12-,13+,14+,15-,16-,17-,18-,19-,20-/m0/s1. The molecule has 3 nitrogen and oxygen atoms in total. The van der Waals surface area contributed by atoms with Crippen molar-refractivity contribution in [3.8, 4) is 0 Å². The molecule has 6 rings (SSSR count). The summed E-state index contributed by atoms with van der Waals surface area (Å²) in [6.07, 6.45) is 8.60. The van der Waals surface area contributed by atoms with E-state index in [1.807, 2.05) is 0 Å². The van der Waals surface area contributed by atoms with Gasteiger partial charge in [0.15, 0.2) is 12.6 Å². The van der Waals surface area contributed by atoms with E-state index in [1.165, 1.54) is 25.7 Å². The Morgan fingerprint density at radius 1 is 0.640 bits per heavy atom. The topological polar surface area (TPSA) is 27.7 Å². The molecule has 0 N–H and O–H groups in total. The number of fused-ring (bicyclic) bond motifs is 10. The first-order valence-electron chi connectivity index (χ1n) is 10.8. The average Bonchev–Trinajstić information content (AvgIpc) is 3.30. The molecule has 0 spiro atoms. The molecule has 2 heterocycles. The van der Waals surface area contributed by atoms with Gasteiger partial charge in [-0.05, 0) is 72.0 Å². The molecule has 140 valence electrons. The smallest absolute Gasteiger partial charge is 0.161 e. The van der Waals surface area contributed by atoms with Gasteiger partial charge in [0.2, 0.25) is 0 Å². The monoisotopic (exact) mass is 346 g/mol. The molecule has 0 aromatic heterocycles. The van der Waals surface area contributed by atoms with Gasteiger partial charge < -0.3 is 14.2 Å². The van der Waals surface area contributed by atoms with Crippen molar-refractivity contribution in [2.45, 2.75) is 91.0 Å². The Hall–Kier alpha value is -0.120. The predicted octanol–water partition coefficient (Wildman–Crippen LogP) is 4.60. The summed E-state index contributed by atoms with van der Waals surface area (Å²) < 4.78 is 19.3. The molecule has 0 radical (unpaired) electrons. The summed E-state index contributed by atoms with van der Waals surface area (Å²) in [6, 6.07) is 0. The second-order valence-electron chi connectivity index (χ2n) is 11.2. The molecule has 3 heteroatoms. The van der Waals surface area contributed by atoms with Crippen LogP contribution < -0.4 is 0 Å². The summed E-state index contributed by atoms with van der Waals surface area (Å²) in [7, 11) is 0. The van der Waals surface area contributed by atoms with Gasteiger partial charge in [0.05, 0.1) is 12.2 Å². The van der Waals surface area contributed by atoms with Crippen molar-refractivity contribution in [1.29, 1.82) is 0 Å². The van der Waals surface area contributed by atoms with Gasteiger partial charge in [-0.1, -0.05) is 27.7 Å². The number of hydrogen-bond acceptors (Lipinski definition) is 3. The van der Waals surface area contributed by atoms with Crippen LogP contribution in [0, 0.1) is 46.3 Å². The van der Waals surface area contributed by atoms with Crippen molar-refractivity contribution in [2.24, 2.45) is 46.3 Å². The van der Waals surface area contributed by atoms with E-state index in [4.69, 9.17) is 14.2 Å². The molecular formula is C22H34O3. The minimum atomic E-state index is -0.0105. The third-order valence-corrected chi connectivity index (χ3v) is 9.92. The van der Waals surface area contributed by atoms with Gasteiger partial charge >= 0.3 is 0 Å². The van der Waals surface area contributed by atoms with Crippen LogP contribution >= 0.6 is 0 Å². The second kappa shape index (κ2) is 4.83. The maximum absolute atomic E-state index is 6.45. The fourth-order valence-corrected chi connectivity index (χ4v) is 8.76. The molecule has 0 amide bonds. The average molecular weight is 347 g/mol. The molecule has 2 aliphatic heterocycles. The van der Waals surface area contributed by atoms with E-state index in [9.17, 15) is 0 Å². The van der Waals surface area contributed by atoms with Gasteiger partial charge in [0, 0.05) is 12.8 Å². The fourth-order valence-electron chi connectivity index (χ4n) is 8.76. The molecule has 2 saturated heterocycles. The van der Waals surface area contributed by atoms with E-state index in [-0.39, 0.29) is 12.6 Å². The fraction of sp³-hybridized carbons (Fsp3) is 1.00. The highest BCUT2D eigenvalue weighted by molar-refractivity contribution is 5.11. The Morgan fingerprint density at radius 2 is 1.04 bits per heavy atom. The summed E-state index contributed by atoms with van der Waals surface area (Å²) in [5, 5.41) is 0. The minimum absolute atomic E-state index is 0.0105. The first-order valence-corrected chi connectivity index (χ1v) is 10.8. The van der Waals surface area contributed by atoms with Crippen molar-refractivity contribution in [3.63, 3.8) is 0 Å². The van der Waals surface area contributed by atoms with E-state index in [0.717, 1.165) is 48.3 Å². The summed E-state index contributed by atoms with van der Waals surface area (Å²) >= 11 is 0. The number of rotatable bonds is 2. The predicted molar refractivity (Wildman–Crippen MR) is 94.6 cm³/mol. The maximum atomic E-state index is 6.45. The zero-order chi connectivity index (χ0) is 17.1. The van der Waals surface area contributed by atoms with Crippen LogP contribution in [-0.2, 0) is 14.2 Å². The lowest BCUT2D eigenvalue weighted by Crippen LogP contribution is -2.30. The van der Waals surface area contributed by atoms with E-state index >= 15 is 0 Å². The van der Waals surface area contributed by atoms with E-state index in [0.29, 0.717) is 23.0 Å². The summed E-state index contributed by atoms with van der Waals surface area (Å²) in [6.45, 7) is 9.86. The molecule has 6 fully saturated rings. The zero-order valence-corrected chi connectivity index (χ0v) is 16.2. The van der Waals surface area contributed by atoms with Crippen LogP contribution in [0.25, 0.3) is 0 Å². The highest BCUT2D eigenvalue weighted by Gasteiger charge is 2.65. The van der Waals surface area contributed by atoms with Crippen LogP contribution in [0.4, 0.5) is 0 Å². The minimum Gasteiger partial charge on any atom is -0.349 e. The molecule has 0 aromatic rings. The van der Waals surface area contributed by atoms with Gasteiger partial charge in [-0.3, -0.25) is 0 Å². The summed E-state index contributed by atoms with van der Waals surface area (Å²) in [4.78, 5) is 0. The largest absolute Gasteiger partial charge is 0.349 e. The molecular weight excluding hydrogens is 312 g/mol. The van der Waals surface area contributed by atoms with Gasteiger partial charge in [-0.25, -0.2) is 0 Å². The molecule has 4 saturated carbocycles. The number of ether oxygens (including phenoxy) is 3. The van der Waals surface area contributed by atoms with Gasteiger partial charge in [0.25, 0.3) is 0 Å². The Balaban J connectivity index is 1.12. The molecule has 25 heavy (non-hydrogen) atoms. The van der Waals surface area contributed by atoms with Crippen LogP contribution in [-0.4, -0.2) is 24.8 Å². The lowest BCUT2D eigenvalue weighted by Gasteiger charge is -2.30. The number of hydrogen-bond donors (Lipinski definition) is 0.